The summed E-state index contributed by atoms with van der Waals surface area (Å²) in [4.78, 5) is 0. The van der Waals surface area contributed by atoms with E-state index in [1.807, 2.05) is 12.1 Å². The van der Waals surface area contributed by atoms with Gasteiger partial charge in [0.15, 0.2) is 0 Å². The molecule has 1 aromatic carbocycles. The molecule has 2 rings (SSSR count). The fraction of sp³-hybridized carbons (Fsp3) is 0.500. The molecule has 14 heavy (non-hydrogen) atoms. The molecule has 1 aliphatic carbocycles. The van der Waals surface area contributed by atoms with Crippen molar-refractivity contribution in [3.05, 3.63) is 24.3 Å². The first-order valence-corrected chi connectivity index (χ1v) is 5.16. The van der Waals surface area contributed by atoms with Gasteiger partial charge in [-0.05, 0) is 37.3 Å². The van der Waals surface area contributed by atoms with Crippen molar-refractivity contribution in [2.75, 3.05) is 5.32 Å². The molecule has 76 valence electrons. The van der Waals surface area contributed by atoms with Crippen molar-refractivity contribution in [2.45, 2.75) is 32.7 Å². The minimum Gasteiger partial charge on any atom is -0.508 e. The molecular weight excluding hydrogens is 174 g/mol. The van der Waals surface area contributed by atoms with E-state index in [0.717, 1.165) is 5.69 Å². The van der Waals surface area contributed by atoms with E-state index in [1.165, 1.54) is 12.8 Å². The molecule has 0 heterocycles. The van der Waals surface area contributed by atoms with Gasteiger partial charge in [0.1, 0.15) is 5.75 Å². The van der Waals surface area contributed by atoms with Gasteiger partial charge in [-0.15, -0.1) is 0 Å². The Bertz CT molecular complexity index is 331. The SMILES string of the molecule is CC(Nc1cccc(O)c1)C1(C)CC1. The van der Waals surface area contributed by atoms with Gasteiger partial charge in [-0.2, -0.15) is 0 Å². The van der Waals surface area contributed by atoms with Gasteiger partial charge in [-0.25, -0.2) is 0 Å². The Hall–Kier alpha value is -1.18. The Morgan fingerprint density at radius 2 is 2.14 bits per heavy atom. The highest BCUT2D eigenvalue weighted by molar-refractivity contribution is 5.48. The first-order valence-electron chi connectivity index (χ1n) is 5.16. The van der Waals surface area contributed by atoms with E-state index in [4.69, 9.17) is 0 Å². The Morgan fingerprint density at radius 3 is 2.71 bits per heavy atom. The molecule has 0 aliphatic heterocycles. The number of hydrogen-bond donors (Lipinski definition) is 2. The topological polar surface area (TPSA) is 32.3 Å². The number of phenolic OH excluding ortho intramolecular Hbond substituents is 1. The molecule has 0 saturated heterocycles. The molecule has 1 aliphatic rings. The Morgan fingerprint density at radius 1 is 1.43 bits per heavy atom. The molecule has 0 spiro atoms. The van der Waals surface area contributed by atoms with E-state index >= 15 is 0 Å². The Kier molecular flexibility index (Phi) is 2.14. The lowest BCUT2D eigenvalue weighted by Gasteiger charge is -2.21. The monoisotopic (exact) mass is 191 g/mol. The van der Waals surface area contributed by atoms with Gasteiger partial charge in [-0.3, -0.25) is 0 Å². The molecule has 2 heteroatoms. The number of nitrogens with one attached hydrogen (secondary N) is 1. The van der Waals surface area contributed by atoms with Gasteiger partial charge in [0.05, 0.1) is 0 Å². The zero-order valence-corrected chi connectivity index (χ0v) is 8.75. The van der Waals surface area contributed by atoms with Gasteiger partial charge >= 0.3 is 0 Å². The molecule has 0 bridgehead atoms. The van der Waals surface area contributed by atoms with Crippen LogP contribution in [0.5, 0.6) is 5.75 Å². The van der Waals surface area contributed by atoms with Crippen molar-refractivity contribution < 1.29 is 5.11 Å². The highest BCUT2D eigenvalue weighted by Gasteiger charge is 2.42. The average Bonchev–Trinajstić information content (AvgIpc) is 2.85. The third-order valence-corrected chi connectivity index (χ3v) is 3.31. The molecular formula is C12H17NO. The van der Waals surface area contributed by atoms with Crippen molar-refractivity contribution in [3.63, 3.8) is 0 Å². The van der Waals surface area contributed by atoms with Gasteiger partial charge in [0.25, 0.3) is 0 Å². The molecule has 1 unspecified atom stereocenters. The number of rotatable bonds is 3. The van der Waals surface area contributed by atoms with Crippen molar-refractivity contribution in [3.8, 4) is 5.75 Å². The summed E-state index contributed by atoms with van der Waals surface area (Å²) in [6.07, 6.45) is 2.61. The first kappa shape index (κ1) is 9.38. The molecule has 0 amide bonds. The van der Waals surface area contributed by atoms with Crippen molar-refractivity contribution in [1.29, 1.82) is 0 Å². The molecule has 1 fully saturated rings. The van der Waals surface area contributed by atoms with Gasteiger partial charge < -0.3 is 10.4 Å². The van der Waals surface area contributed by atoms with Crippen LogP contribution in [0.1, 0.15) is 26.7 Å². The van der Waals surface area contributed by atoms with E-state index in [9.17, 15) is 5.11 Å². The van der Waals surface area contributed by atoms with Crippen molar-refractivity contribution >= 4 is 5.69 Å². The summed E-state index contributed by atoms with van der Waals surface area (Å²) in [7, 11) is 0. The maximum Gasteiger partial charge on any atom is 0.117 e. The Labute approximate surface area is 85.0 Å². The number of benzene rings is 1. The second kappa shape index (κ2) is 3.19. The van der Waals surface area contributed by atoms with Crippen LogP contribution in [-0.2, 0) is 0 Å². The van der Waals surface area contributed by atoms with Gasteiger partial charge in [0.2, 0.25) is 0 Å². The summed E-state index contributed by atoms with van der Waals surface area (Å²) in [6.45, 7) is 4.50. The average molecular weight is 191 g/mol. The van der Waals surface area contributed by atoms with Gasteiger partial charge in [0, 0.05) is 17.8 Å². The molecule has 2 N–H and O–H groups in total. The van der Waals surface area contributed by atoms with Crippen LogP contribution in [0.4, 0.5) is 5.69 Å². The number of hydrogen-bond acceptors (Lipinski definition) is 2. The summed E-state index contributed by atoms with van der Waals surface area (Å²) in [5.41, 5.74) is 1.47. The largest absolute Gasteiger partial charge is 0.508 e. The van der Waals surface area contributed by atoms with Gasteiger partial charge in [-0.1, -0.05) is 13.0 Å². The minimum atomic E-state index is 0.322. The third-order valence-electron chi connectivity index (χ3n) is 3.31. The maximum atomic E-state index is 9.30. The predicted octanol–water partition coefficient (Wildman–Crippen LogP) is 2.99. The van der Waals surface area contributed by atoms with E-state index in [-0.39, 0.29) is 0 Å². The molecule has 0 aromatic heterocycles. The summed E-state index contributed by atoms with van der Waals surface area (Å²) in [5.74, 6) is 0.322. The zero-order chi connectivity index (χ0) is 10.2. The summed E-state index contributed by atoms with van der Waals surface area (Å²) in [5, 5.41) is 12.7. The van der Waals surface area contributed by atoms with E-state index in [1.54, 1.807) is 12.1 Å². The van der Waals surface area contributed by atoms with E-state index in [2.05, 4.69) is 19.2 Å². The minimum absolute atomic E-state index is 0.322. The Balaban J connectivity index is 2.03. The van der Waals surface area contributed by atoms with E-state index in [0.29, 0.717) is 17.2 Å². The second-order valence-electron chi connectivity index (χ2n) is 4.57. The third kappa shape index (κ3) is 1.84. The lowest BCUT2D eigenvalue weighted by molar-refractivity contribution is 0.473. The fourth-order valence-corrected chi connectivity index (χ4v) is 1.65. The van der Waals surface area contributed by atoms with Crippen LogP contribution < -0.4 is 5.32 Å². The summed E-state index contributed by atoms with van der Waals surface area (Å²) < 4.78 is 0. The van der Waals surface area contributed by atoms with Crippen molar-refractivity contribution in [2.24, 2.45) is 5.41 Å². The fourth-order valence-electron chi connectivity index (χ4n) is 1.65. The predicted molar refractivity (Wildman–Crippen MR) is 58.5 cm³/mol. The molecule has 0 radical (unpaired) electrons. The molecule has 1 aromatic rings. The highest BCUT2D eigenvalue weighted by Crippen LogP contribution is 2.48. The molecule has 1 atom stereocenters. The van der Waals surface area contributed by atoms with Crippen LogP contribution in [0.3, 0.4) is 0 Å². The lowest BCUT2D eigenvalue weighted by atomic mass is 10.0. The normalized spacial score (nSPS) is 20.1. The maximum absolute atomic E-state index is 9.30. The van der Waals surface area contributed by atoms with Crippen LogP contribution in [0, 0.1) is 5.41 Å². The highest BCUT2D eigenvalue weighted by atomic mass is 16.3. The van der Waals surface area contributed by atoms with Crippen LogP contribution in [-0.4, -0.2) is 11.1 Å². The number of aromatic hydroxyl groups is 1. The van der Waals surface area contributed by atoms with Crippen LogP contribution >= 0.6 is 0 Å². The number of anilines is 1. The standard InChI is InChI=1S/C12H17NO/c1-9(12(2)6-7-12)13-10-4-3-5-11(14)8-10/h3-5,8-9,13-14H,6-7H2,1-2H3. The molecule has 2 nitrogen and oxygen atoms in total. The zero-order valence-electron chi connectivity index (χ0n) is 8.75. The van der Waals surface area contributed by atoms with Crippen LogP contribution in [0.2, 0.25) is 0 Å². The van der Waals surface area contributed by atoms with Crippen LogP contribution in [0.15, 0.2) is 24.3 Å². The quantitative estimate of drug-likeness (QED) is 0.769. The summed E-state index contributed by atoms with van der Waals surface area (Å²) in [6, 6.07) is 7.78. The molecule has 1 saturated carbocycles. The lowest BCUT2D eigenvalue weighted by Crippen LogP contribution is -2.24. The van der Waals surface area contributed by atoms with E-state index < -0.39 is 0 Å². The number of phenols is 1. The van der Waals surface area contributed by atoms with Crippen molar-refractivity contribution in [1.82, 2.24) is 0 Å². The second-order valence-corrected chi connectivity index (χ2v) is 4.57. The smallest absolute Gasteiger partial charge is 0.117 e. The first-order chi connectivity index (χ1) is 6.60. The summed E-state index contributed by atoms with van der Waals surface area (Å²) >= 11 is 0. The van der Waals surface area contributed by atoms with Crippen LogP contribution in [0.25, 0.3) is 0 Å².